The molecule has 1 amide bonds. The molecule has 0 unspecified atom stereocenters. The lowest BCUT2D eigenvalue weighted by atomic mass is 10.1. The molecule has 0 aliphatic carbocycles. The van der Waals surface area contributed by atoms with E-state index in [1.807, 2.05) is 56.3 Å². The van der Waals surface area contributed by atoms with Crippen molar-refractivity contribution in [2.45, 2.75) is 13.8 Å². The molecule has 1 aromatic carbocycles. The van der Waals surface area contributed by atoms with E-state index in [0.29, 0.717) is 24.3 Å². The third-order valence-corrected chi connectivity index (χ3v) is 3.42. The molecule has 0 atom stereocenters. The summed E-state index contributed by atoms with van der Waals surface area (Å²) in [7, 11) is 0. The molecule has 0 radical (unpaired) electrons. The van der Waals surface area contributed by atoms with Crippen molar-refractivity contribution in [3.05, 3.63) is 53.7 Å². The summed E-state index contributed by atoms with van der Waals surface area (Å²) in [6, 6.07) is 13.6. The topological polar surface area (TPSA) is 53.4 Å². The summed E-state index contributed by atoms with van der Waals surface area (Å²) >= 11 is 0. The first kappa shape index (κ1) is 15.2. The lowest BCUT2D eigenvalue weighted by Crippen LogP contribution is -2.33. The molecule has 1 N–H and O–H groups in total. The number of rotatable bonds is 5. The lowest BCUT2D eigenvalue weighted by molar-refractivity contribution is 0.0731. The van der Waals surface area contributed by atoms with Crippen LogP contribution in [0.1, 0.15) is 23.0 Å². The number of pyridine rings is 1. The number of benzene rings is 1. The Kier molecular flexibility index (Phi) is 5.06. The van der Waals surface area contributed by atoms with Crippen molar-refractivity contribution in [3.63, 3.8) is 0 Å². The van der Waals surface area contributed by atoms with Crippen molar-refractivity contribution in [1.29, 1.82) is 0 Å². The van der Waals surface area contributed by atoms with E-state index in [9.17, 15) is 4.79 Å². The second kappa shape index (κ2) is 6.99. The van der Waals surface area contributed by atoms with Crippen LogP contribution in [0.2, 0.25) is 0 Å². The van der Waals surface area contributed by atoms with E-state index < -0.39 is 0 Å². The Labute approximate surface area is 125 Å². The van der Waals surface area contributed by atoms with Crippen LogP contribution in [0.3, 0.4) is 0 Å². The number of aliphatic hydroxyl groups is 1. The number of carbonyl (C=O) groups excluding carboxylic acids is 1. The normalized spacial score (nSPS) is 10.4. The van der Waals surface area contributed by atoms with Gasteiger partial charge in [-0.15, -0.1) is 0 Å². The molecule has 2 aromatic rings. The van der Waals surface area contributed by atoms with E-state index in [-0.39, 0.29) is 12.5 Å². The van der Waals surface area contributed by atoms with Crippen LogP contribution in [0.15, 0.2) is 42.5 Å². The molecule has 0 aliphatic rings. The van der Waals surface area contributed by atoms with Gasteiger partial charge in [0.15, 0.2) is 0 Å². The maximum atomic E-state index is 12.4. The van der Waals surface area contributed by atoms with E-state index in [1.54, 1.807) is 4.90 Å². The van der Waals surface area contributed by atoms with Gasteiger partial charge in [-0.1, -0.05) is 30.3 Å². The highest BCUT2D eigenvalue weighted by Crippen LogP contribution is 2.19. The molecule has 2 rings (SSSR count). The van der Waals surface area contributed by atoms with Gasteiger partial charge in [-0.05, 0) is 26.0 Å². The molecule has 0 fully saturated rings. The third kappa shape index (κ3) is 3.47. The van der Waals surface area contributed by atoms with Crippen LogP contribution >= 0.6 is 0 Å². The average Bonchev–Trinajstić information content (AvgIpc) is 2.52. The Morgan fingerprint density at radius 2 is 1.90 bits per heavy atom. The number of hydrogen-bond acceptors (Lipinski definition) is 3. The Morgan fingerprint density at radius 1 is 1.19 bits per heavy atom. The number of aliphatic hydroxyl groups excluding tert-OH is 1. The Morgan fingerprint density at radius 3 is 2.48 bits per heavy atom. The maximum absolute atomic E-state index is 12.4. The van der Waals surface area contributed by atoms with E-state index in [1.165, 1.54) is 0 Å². The molecule has 0 saturated carbocycles. The molecular formula is C17H20N2O2. The molecule has 0 bridgehead atoms. The van der Waals surface area contributed by atoms with Crippen LogP contribution in [-0.2, 0) is 0 Å². The quantitative estimate of drug-likeness (QED) is 0.918. The van der Waals surface area contributed by atoms with Gasteiger partial charge < -0.3 is 10.0 Å². The highest BCUT2D eigenvalue weighted by molar-refractivity contribution is 5.95. The van der Waals surface area contributed by atoms with Crippen LogP contribution in [0, 0.1) is 6.92 Å². The maximum Gasteiger partial charge on any atom is 0.255 e. The summed E-state index contributed by atoms with van der Waals surface area (Å²) in [6.45, 7) is 4.61. The summed E-state index contributed by atoms with van der Waals surface area (Å²) in [5, 5.41) is 9.02. The van der Waals surface area contributed by atoms with Crippen LogP contribution in [0.4, 0.5) is 0 Å². The van der Waals surface area contributed by atoms with Crippen LogP contribution in [0.5, 0.6) is 0 Å². The molecule has 0 spiro atoms. The van der Waals surface area contributed by atoms with Crippen LogP contribution in [-0.4, -0.2) is 40.6 Å². The van der Waals surface area contributed by atoms with E-state index >= 15 is 0 Å². The number of carbonyl (C=O) groups is 1. The fourth-order valence-electron chi connectivity index (χ4n) is 2.25. The highest BCUT2D eigenvalue weighted by Gasteiger charge is 2.17. The zero-order valence-electron chi connectivity index (χ0n) is 12.4. The first-order valence-electron chi connectivity index (χ1n) is 7.10. The molecule has 1 heterocycles. The second-order valence-electron chi connectivity index (χ2n) is 4.80. The van der Waals surface area contributed by atoms with Gasteiger partial charge in [0.2, 0.25) is 0 Å². The number of aromatic nitrogens is 1. The summed E-state index contributed by atoms with van der Waals surface area (Å²) < 4.78 is 0. The monoisotopic (exact) mass is 284 g/mol. The van der Waals surface area contributed by atoms with E-state index in [4.69, 9.17) is 5.11 Å². The molecule has 1 aromatic heterocycles. The van der Waals surface area contributed by atoms with Gasteiger partial charge in [-0.25, -0.2) is 0 Å². The zero-order valence-corrected chi connectivity index (χ0v) is 12.4. The Balaban J connectivity index is 2.29. The second-order valence-corrected chi connectivity index (χ2v) is 4.80. The van der Waals surface area contributed by atoms with Gasteiger partial charge in [0.1, 0.15) is 0 Å². The lowest BCUT2D eigenvalue weighted by Gasteiger charge is -2.20. The summed E-state index contributed by atoms with van der Waals surface area (Å²) in [6.07, 6.45) is 0. The van der Waals surface area contributed by atoms with Crippen LogP contribution in [0.25, 0.3) is 11.3 Å². The first-order chi connectivity index (χ1) is 10.2. The average molecular weight is 284 g/mol. The number of hydrogen-bond donors (Lipinski definition) is 1. The van der Waals surface area contributed by atoms with E-state index in [2.05, 4.69) is 4.98 Å². The minimum atomic E-state index is -0.0869. The van der Waals surface area contributed by atoms with Crippen molar-refractivity contribution in [2.75, 3.05) is 19.7 Å². The Hall–Kier alpha value is -2.20. The van der Waals surface area contributed by atoms with Crippen molar-refractivity contribution >= 4 is 5.91 Å². The predicted molar refractivity (Wildman–Crippen MR) is 83.1 cm³/mol. The fraction of sp³-hybridized carbons (Fsp3) is 0.294. The summed E-state index contributed by atoms with van der Waals surface area (Å²) in [4.78, 5) is 18.6. The van der Waals surface area contributed by atoms with Crippen molar-refractivity contribution < 1.29 is 9.90 Å². The molecule has 0 aliphatic heterocycles. The first-order valence-corrected chi connectivity index (χ1v) is 7.10. The standard InChI is InChI=1S/C17H20N2O2/c1-3-19(11-12-20)17(21)15-9-10-16(18-13(15)2)14-7-5-4-6-8-14/h4-10,20H,3,11-12H2,1-2H3. The minimum Gasteiger partial charge on any atom is -0.395 e. The number of likely N-dealkylation sites (N-methyl/N-ethyl adjacent to an activating group) is 1. The molecule has 21 heavy (non-hydrogen) atoms. The number of amides is 1. The van der Waals surface area contributed by atoms with Gasteiger partial charge in [0, 0.05) is 18.7 Å². The SMILES string of the molecule is CCN(CCO)C(=O)c1ccc(-c2ccccc2)nc1C. The molecular weight excluding hydrogens is 264 g/mol. The largest absolute Gasteiger partial charge is 0.395 e. The Bertz CT molecular complexity index is 611. The van der Waals surface area contributed by atoms with Crippen molar-refractivity contribution in [1.82, 2.24) is 9.88 Å². The zero-order chi connectivity index (χ0) is 15.2. The summed E-state index contributed by atoms with van der Waals surface area (Å²) in [5.41, 5.74) is 3.18. The molecule has 4 heteroatoms. The molecule has 4 nitrogen and oxygen atoms in total. The van der Waals surface area contributed by atoms with E-state index in [0.717, 1.165) is 11.3 Å². The highest BCUT2D eigenvalue weighted by atomic mass is 16.3. The van der Waals surface area contributed by atoms with Crippen molar-refractivity contribution in [3.8, 4) is 11.3 Å². The summed E-state index contributed by atoms with van der Waals surface area (Å²) in [5.74, 6) is -0.0869. The van der Waals surface area contributed by atoms with Gasteiger partial charge in [-0.3, -0.25) is 9.78 Å². The minimum absolute atomic E-state index is 0.0336. The van der Waals surface area contributed by atoms with Gasteiger partial charge in [0.25, 0.3) is 5.91 Å². The number of nitrogens with zero attached hydrogens (tertiary/aromatic N) is 2. The molecule has 110 valence electrons. The van der Waals surface area contributed by atoms with Gasteiger partial charge >= 0.3 is 0 Å². The van der Waals surface area contributed by atoms with Crippen molar-refractivity contribution in [2.24, 2.45) is 0 Å². The fourth-order valence-corrected chi connectivity index (χ4v) is 2.25. The number of aryl methyl sites for hydroxylation is 1. The molecule has 0 saturated heterocycles. The predicted octanol–water partition coefficient (Wildman–Crippen LogP) is 2.51. The van der Waals surface area contributed by atoms with Gasteiger partial charge in [0.05, 0.1) is 23.6 Å². The van der Waals surface area contributed by atoms with Gasteiger partial charge in [-0.2, -0.15) is 0 Å². The smallest absolute Gasteiger partial charge is 0.255 e. The third-order valence-electron chi connectivity index (χ3n) is 3.42. The van der Waals surface area contributed by atoms with Crippen LogP contribution < -0.4 is 0 Å².